The lowest BCUT2D eigenvalue weighted by Gasteiger charge is -2.50. The largest absolute Gasteiger partial charge is 0.573 e. The lowest BCUT2D eigenvalue weighted by molar-refractivity contribution is -0.276. The van der Waals surface area contributed by atoms with Crippen LogP contribution in [0, 0.1) is 41.2 Å². The second kappa shape index (κ2) is 9.72. The number of benzene rings is 1. The summed E-state index contributed by atoms with van der Waals surface area (Å²) in [5, 5.41) is 0. The zero-order valence-corrected chi connectivity index (χ0v) is 18.6. The van der Waals surface area contributed by atoms with E-state index in [-0.39, 0.29) is 5.92 Å². The molecule has 178 valence electrons. The summed E-state index contributed by atoms with van der Waals surface area (Å²) in [7, 11) is 0. The Hall–Kier alpha value is -1.59. The van der Waals surface area contributed by atoms with Gasteiger partial charge in [-0.05, 0) is 111 Å². The van der Waals surface area contributed by atoms with E-state index >= 15 is 0 Å². The average Bonchev–Trinajstić information content (AvgIpc) is 2.75. The number of halogens is 5. The molecule has 3 fully saturated rings. The van der Waals surface area contributed by atoms with Gasteiger partial charge in [-0.2, -0.15) is 0 Å². The highest BCUT2D eigenvalue weighted by molar-refractivity contribution is 5.33. The quantitative estimate of drug-likeness (QED) is 0.319. The molecule has 0 heterocycles. The van der Waals surface area contributed by atoms with Crippen LogP contribution in [0.4, 0.5) is 22.0 Å². The van der Waals surface area contributed by atoms with Crippen LogP contribution in [0.15, 0.2) is 24.3 Å². The number of allylic oxidation sites excluding steroid dienone is 2. The van der Waals surface area contributed by atoms with Gasteiger partial charge in [0.1, 0.15) is 0 Å². The van der Waals surface area contributed by atoms with Gasteiger partial charge in [0, 0.05) is 0 Å². The molecule has 1 nitrogen and oxygen atoms in total. The van der Waals surface area contributed by atoms with Gasteiger partial charge < -0.3 is 4.74 Å². The van der Waals surface area contributed by atoms with Crippen molar-refractivity contribution in [3.8, 4) is 5.75 Å². The maximum absolute atomic E-state index is 14.2. The lowest BCUT2D eigenvalue weighted by atomic mass is 9.55. The fourth-order valence-electron chi connectivity index (χ4n) is 6.79. The summed E-state index contributed by atoms with van der Waals surface area (Å²) in [6.45, 7) is 2.20. The molecule has 6 heteroatoms. The Balaban J connectivity index is 1.40. The molecule has 32 heavy (non-hydrogen) atoms. The summed E-state index contributed by atoms with van der Waals surface area (Å²) >= 11 is 0. The number of rotatable bonds is 5. The predicted octanol–water partition coefficient (Wildman–Crippen LogP) is 8.55. The number of alkyl halides is 3. The van der Waals surface area contributed by atoms with E-state index in [1.807, 2.05) is 0 Å². The van der Waals surface area contributed by atoms with Crippen LogP contribution in [0.3, 0.4) is 0 Å². The summed E-state index contributed by atoms with van der Waals surface area (Å²) in [5.74, 6) is -0.472. The molecule has 1 aromatic rings. The van der Waals surface area contributed by atoms with Gasteiger partial charge in [-0.3, -0.25) is 0 Å². The molecule has 0 aromatic heterocycles. The molecule has 0 N–H and O–H groups in total. The van der Waals surface area contributed by atoms with Gasteiger partial charge in [0.25, 0.3) is 0 Å². The van der Waals surface area contributed by atoms with E-state index in [1.54, 1.807) is 0 Å². The first-order chi connectivity index (χ1) is 15.2. The standard InChI is InChI=1S/C26H33F5O/c1-2-3-4-5-16-6-10-21-18(12-16)7-8-19-13-17(9-11-22(19)21)20-14-23(27)25(24(28)15-20)32-26(29,30)31/h4-5,14-19,21-22H,2-3,6-13H2,1H3. The number of hydrogen-bond acceptors (Lipinski definition) is 1. The first kappa shape index (κ1) is 23.6. The van der Waals surface area contributed by atoms with E-state index in [0.717, 1.165) is 56.1 Å². The maximum atomic E-state index is 14.2. The molecule has 1 aromatic carbocycles. The average molecular weight is 457 g/mol. The zero-order chi connectivity index (χ0) is 22.9. The summed E-state index contributed by atoms with van der Waals surface area (Å²) in [4.78, 5) is 0. The van der Waals surface area contributed by atoms with E-state index in [4.69, 9.17) is 0 Å². The molecule has 0 amide bonds. The van der Waals surface area contributed by atoms with Gasteiger partial charge in [-0.15, -0.1) is 13.2 Å². The molecular weight excluding hydrogens is 423 g/mol. The van der Waals surface area contributed by atoms with Crippen LogP contribution in [-0.4, -0.2) is 6.36 Å². The Labute approximate surface area is 187 Å². The fourth-order valence-corrected chi connectivity index (χ4v) is 6.79. The Kier molecular flexibility index (Phi) is 7.16. The van der Waals surface area contributed by atoms with Gasteiger partial charge >= 0.3 is 6.36 Å². The van der Waals surface area contributed by atoms with Crippen LogP contribution in [0.25, 0.3) is 0 Å². The monoisotopic (exact) mass is 456 g/mol. The SMILES string of the molecule is CCCC=CC1CCC2C(CCC3CC(c4cc(F)c(OC(F)(F)F)c(F)c4)CCC32)C1. The predicted molar refractivity (Wildman–Crippen MR) is 114 cm³/mol. The molecule has 3 saturated carbocycles. The highest BCUT2D eigenvalue weighted by atomic mass is 19.4. The Morgan fingerprint density at radius 3 is 2.16 bits per heavy atom. The van der Waals surface area contributed by atoms with Crippen LogP contribution in [-0.2, 0) is 0 Å². The second-order valence-electron chi connectivity index (χ2n) is 10.1. The van der Waals surface area contributed by atoms with Crippen molar-refractivity contribution in [3.05, 3.63) is 41.5 Å². The minimum Gasteiger partial charge on any atom is -0.399 e. The van der Waals surface area contributed by atoms with Crippen molar-refractivity contribution >= 4 is 0 Å². The normalized spacial score (nSPS) is 33.1. The Morgan fingerprint density at radius 2 is 1.53 bits per heavy atom. The van der Waals surface area contributed by atoms with Gasteiger partial charge in [-0.1, -0.05) is 25.5 Å². The summed E-state index contributed by atoms with van der Waals surface area (Å²) in [6.07, 6.45) is 10.9. The number of ether oxygens (including phenoxy) is 1. The topological polar surface area (TPSA) is 9.23 Å². The number of fused-ring (bicyclic) bond motifs is 3. The van der Waals surface area contributed by atoms with Crippen LogP contribution >= 0.6 is 0 Å². The van der Waals surface area contributed by atoms with Crippen molar-refractivity contribution in [1.82, 2.24) is 0 Å². The van der Waals surface area contributed by atoms with Crippen molar-refractivity contribution in [2.45, 2.75) is 83.4 Å². The highest BCUT2D eigenvalue weighted by Gasteiger charge is 2.44. The molecule has 0 spiro atoms. The van der Waals surface area contributed by atoms with Gasteiger partial charge in [0.15, 0.2) is 11.6 Å². The van der Waals surface area contributed by atoms with Gasteiger partial charge in [0.05, 0.1) is 0 Å². The van der Waals surface area contributed by atoms with E-state index in [1.165, 1.54) is 32.1 Å². The zero-order valence-electron chi connectivity index (χ0n) is 18.6. The van der Waals surface area contributed by atoms with Crippen molar-refractivity contribution in [3.63, 3.8) is 0 Å². The number of hydrogen-bond donors (Lipinski definition) is 0. The molecule has 3 aliphatic carbocycles. The first-order valence-corrected chi connectivity index (χ1v) is 12.2. The molecule has 0 saturated heterocycles. The summed E-state index contributed by atoms with van der Waals surface area (Å²) < 4.78 is 69.3. The van der Waals surface area contributed by atoms with Crippen LogP contribution in [0.5, 0.6) is 5.75 Å². The molecule has 0 radical (unpaired) electrons. The molecular formula is C26H33F5O. The van der Waals surface area contributed by atoms with Gasteiger partial charge in [-0.25, -0.2) is 8.78 Å². The van der Waals surface area contributed by atoms with E-state index in [2.05, 4.69) is 23.8 Å². The molecule has 6 atom stereocenters. The minimum atomic E-state index is -5.12. The van der Waals surface area contributed by atoms with E-state index in [9.17, 15) is 22.0 Å². The minimum absolute atomic E-state index is 0.00921. The molecule has 4 rings (SSSR count). The Bertz CT molecular complexity index is 794. The van der Waals surface area contributed by atoms with Crippen molar-refractivity contribution in [2.75, 3.05) is 0 Å². The molecule has 3 aliphatic rings. The fraction of sp³-hybridized carbons (Fsp3) is 0.692. The third-order valence-corrected chi connectivity index (χ3v) is 8.15. The molecule has 0 aliphatic heterocycles. The summed E-state index contributed by atoms with van der Waals surface area (Å²) in [6, 6.07) is 2.07. The van der Waals surface area contributed by atoms with E-state index in [0.29, 0.717) is 23.3 Å². The van der Waals surface area contributed by atoms with Crippen LogP contribution in [0.1, 0.15) is 82.6 Å². The van der Waals surface area contributed by atoms with Crippen LogP contribution < -0.4 is 4.74 Å². The van der Waals surface area contributed by atoms with Crippen molar-refractivity contribution in [1.29, 1.82) is 0 Å². The van der Waals surface area contributed by atoms with Gasteiger partial charge in [0.2, 0.25) is 5.75 Å². The molecule has 6 unspecified atom stereocenters. The highest BCUT2D eigenvalue weighted by Crippen LogP contribution is 2.55. The first-order valence-electron chi connectivity index (χ1n) is 12.2. The van der Waals surface area contributed by atoms with Crippen molar-refractivity contribution in [2.24, 2.45) is 29.6 Å². The van der Waals surface area contributed by atoms with Crippen molar-refractivity contribution < 1.29 is 26.7 Å². The van der Waals surface area contributed by atoms with Crippen LogP contribution in [0.2, 0.25) is 0 Å². The summed E-state index contributed by atoms with van der Waals surface area (Å²) in [5.41, 5.74) is 0.458. The second-order valence-corrected chi connectivity index (χ2v) is 10.1. The lowest BCUT2D eigenvalue weighted by Crippen LogP contribution is -2.41. The smallest absolute Gasteiger partial charge is 0.399 e. The maximum Gasteiger partial charge on any atom is 0.573 e. The molecule has 0 bridgehead atoms. The number of unbranched alkanes of at least 4 members (excludes halogenated alkanes) is 1. The third kappa shape index (κ3) is 5.31. The third-order valence-electron chi connectivity index (χ3n) is 8.15. The van der Waals surface area contributed by atoms with E-state index < -0.39 is 23.7 Å². The Morgan fingerprint density at radius 1 is 0.906 bits per heavy atom.